The van der Waals surface area contributed by atoms with Crippen LogP contribution in [-0.2, 0) is 0 Å². The van der Waals surface area contributed by atoms with Crippen molar-refractivity contribution >= 4 is 27.3 Å². The summed E-state index contributed by atoms with van der Waals surface area (Å²) in [5, 5.41) is 0. The van der Waals surface area contributed by atoms with Gasteiger partial charge in [0.1, 0.15) is 0 Å². The number of hydrogen-bond acceptors (Lipinski definition) is 2. The molecule has 2 aromatic rings. The van der Waals surface area contributed by atoms with Crippen molar-refractivity contribution < 1.29 is 0 Å². The van der Waals surface area contributed by atoms with Crippen LogP contribution < -0.4 is 0 Å². The van der Waals surface area contributed by atoms with Crippen molar-refractivity contribution in [2.75, 3.05) is 0 Å². The number of pyridine rings is 1. The molecule has 3 heteroatoms. The Kier molecular flexibility index (Phi) is 2.47. The first-order valence-electron chi connectivity index (χ1n) is 3.93. The number of thiophene rings is 1. The standard InChI is InChI=1S/C10H8BrNS/c1-7-4-5-12-6-8(7)9-2-3-10(11)13-9/h2-6H,1H3. The van der Waals surface area contributed by atoms with Crippen molar-refractivity contribution in [1.82, 2.24) is 4.98 Å². The molecule has 0 aliphatic carbocycles. The zero-order valence-electron chi connectivity index (χ0n) is 7.12. The Hall–Kier alpha value is -0.670. The molecule has 2 heterocycles. The summed E-state index contributed by atoms with van der Waals surface area (Å²) in [5.41, 5.74) is 2.49. The van der Waals surface area contributed by atoms with Crippen LogP contribution in [0.2, 0.25) is 0 Å². The highest BCUT2D eigenvalue weighted by atomic mass is 79.9. The van der Waals surface area contributed by atoms with Crippen LogP contribution in [0.25, 0.3) is 10.4 Å². The molecule has 0 aliphatic heterocycles. The highest BCUT2D eigenvalue weighted by molar-refractivity contribution is 9.11. The summed E-state index contributed by atoms with van der Waals surface area (Å²) in [6, 6.07) is 6.20. The first kappa shape index (κ1) is 8.91. The molecule has 0 saturated heterocycles. The summed E-state index contributed by atoms with van der Waals surface area (Å²) in [7, 11) is 0. The van der Waals surface area contributed by atoms with E-state index in [-0.39, 0.29) is 0 Å². The van der Waals surface area contributed by atoms with Gasteiger partial charge in [0.25, 0.3) is 0 Å². The van der Waals surface area contributed by atoms with E-state index >= 15 is 0 Å². The Morgan fingerprint density at radius 2 is 2.15 bits per heavy atom. The van der Waals surface area contributed by atoms with Gasteiger partial charge in [-0.05, 0) is 46.6 Å². The van der Waals surface area contributed by atoms with E-state index in [9.17, 15) is 0 Å². The fourth-order valence-corrected chi connectivity index (χ4v) is 2.64. The minimum Gasteiger partial charge on any atom is -0.264 e. The average Bonchev–Trinajstić information content (AvgIpc) is 2.53. The van der Waals surface area contributed by atoms with Crippen molar-refractivity contribution in [2.24, 2.45) is 0 Å². The highest BCUT2D eigenvalue weighted by Crippen LogP contribution is 2.32. The van der Waals surface area contributed by atoms with Crippen LogP contribution in [0.4, 0.5) is 0 Å². The second kappa shape index (κ2) is 3.60. The molecular weight excluding hydrogens is 246 g/mol. The second-order valence-electron chi connectivity index (χ2n) is 2.79. The van der Waals surface area contributed by atoms with Gasteiger partial charge in [-0.3, -0.25) is 4.98 Å². The van der Waals surface area contributed by atoms with Gasteiger partial charge in [0.2, 0.25) is 0 Å². The molecule has 1 nitrogen and oxygen atoms in total. The normalized spacial score (nSPS) is 10.3. The van der Waals surface area contributed by atoms with Crippen LogP contribution in [0.15, 0.2) is 34.4 Å². The summed E-state index contributed by atoms with van der Waals surface area (Å²) >= 11 is 5.18. The van der Waals surface area contributed by atoms with Gasteiger partial charge >= 0.3 is 0 Å². The molecule has 2 aromatic heterocycles. The molecule has 0 spiro atoms. The lowest BCUT2D eigenvalue weighted by Gasteiger charge is -1.99. The van der Waals surface area contributed by atoms with E-state index in [4.69, 9.17) is 0 Å². The highest BCUT2D eigenvalue weighted by Gasteiger charge is 2.03. The molecule has 0 amide bonds. The monoisotopic (exact) mass is 253 g/mol. The zero-order chi connectivity index (χ0) is 9.26. The molecular formula is C10H8BrNS. The van der Waals surface area contributed by atoms with E-state index in [1.165, 1.54) is 16.0 Å². The van der Waals surface area contributed by atoms with Gasteiger partial charge in [-0.2, -0.15) is 0 Å². The number of nitrogens with zero attached hydrogens (tertiary/aromatic N) is 1. The molecule has 0 saturated carbocycles. The van der Waals surface area contributed by atoms with E-state index < -0.39 is 0 Å². The predicted molar refractivity (Wildman–Crippen MR) is 60.0 cm³/mol. The van der Waals surface area contributed by atoms with Crippen molar-refractivity contribution in [3.8, 4) is 10.4 Å². The average molecular weight is 254 g/mol. The van der Waals surface area contributed by atoms with E-state index in [0.717, 1.165) is 3.79 Å². The molecule has 0 aromatic carbocycles. The summed E-state index contributed by atoms with van der Waals surface area (Å²) in [4.78, 5) is 5.38. The molecule has 0 fully saturated rings. The van der Waals surface area contributed by atoms with Crippen molar-refractivity contribution in [2.45, 2.75) is 6.92 Å². The van der Waals surface area contributed by atoms with E-state index in [1.807, 2.05) is 18.5 Å². The van der Waals surface area contributed by atoms with Crippen LogP contribution in [0.5, 0.6) is 0 Å². The molecule has 2 rings (SSSR count). The fourth-order valence-electron chi connectivity index (χ4n) is 1.18. The Morgan fingerprint density at radius 3 is 2.77 bits per heavy atom. The van der Waals surface area contributed by atoms with Crippen molar-refractivity contribution in [3.63, 3.8) is 0 Å². The minimum atomic E-state index is 1.16. The van der Waals surface area contributed by atoms with Crippen LogP contribution in [-0.4, -0.2) is 4.98 Å². The Balaban J connectivity index is 2.52. The van der Waals surface area contributed by atoms with Crippen molar-refractivity contribution in [3.05, 3.63) is 39.9 Å². The molecule has 0 atom stereocenters. The first-order chi connectivity index (χ1) is 6.27. The van der Waals surface area contributed by atoms with Gasteiger partial charge in [-0.25, -0.2) is 0 Å². The minimum absolute atomic E-state index is 1.16. The second-order valence-corrected chi connectivity index (χ2v) is 5.26. The van der Waals surface area contributed by atoms with Gasteiger partial charge in [0, 0.05) is 22.8 Å². The lowest BCUT2D eigenvalue weighted by Crippen LogP contribution is -1.80. The number of rotatable bonds is 1. The summed E-state index contributed by atoms with van der Waals surface area (Å²) in [6.07, 6.45) is 3.73. The quantitative estimate of drug-likeness (QED) is 0.752. The van der Waals surface area contributed by atoms with E-state index in [1.54, 1.807) is 11.3 Å². The molecule has 0 radical (unpaired) electrons. The molecule has 0 bridgehead atoms. The molecule has 0 unspecified atom stereocenters. The van der Waals surface area contributed by atoms with Crippen LogP contribution >= 0.6 is 27.3 Å². The van der Waals surface area contributed by atoms with Gasteiger partial charge < -0.3 is 0 Å². The first-order valence-corrected chi connectivity index (χ1v) is 5.54. The van der Waals surface area contributed by atoms with Crippen LogP contribution in [0.1, 0.15) is 5.56 Å². The van der Waals surface area contributed by atoms with Gasteiger partial charge in [-0.15, -0.1) is 11.3 Å². The Labute approximate surface area is 89.6 Å². The topological polar surface area (TPSA) is 12.9 Å². The molecule has 13 heavy (non-hydrogen) atoms. The Bertz CT molecular complexity index is 422. The molecule has 0 aliphatic rings. The summed E-state index contributed by atoms with van der Waals surface area (Å²) in [6.45, 7) is 2.10. The number of aromatic nitrogens is 1. The molecule has 66 valence electrons. The Morgan fingerprint density at radius 1 is 1.31 bits per heavy atom. The van der Waals surface area contributed by atoms with Gasteiger partial charge in [0.15, 0.2) is 0 Å². The molecule has 0 N–H and O–H groups in total. The van der Waals surface area contributed by atoms with E-state index in [2.05, 4.69) is 40.0 Å². The predicted octanol–water partition coefficient (Wildman–Crippen LogP) is 3.88. The third-order valence-corrected chi connectivity index (χ3v) is 3.53. The largest absolute Gasteiger partial charge is 0.264 e. The number of hydrogen-bond donors (Lipinski definition) is 0. The third kappa shape index (κ3) is 1.81. The third-order valence-electron chi connectivity index (χ3n) is 1.88. The zero-order valence-corrected chi connectivity index (χ0v) is 9.52. The number of aryl methyl sites for hydroxylation is 1. The number of halogens is 1. The maximum atomic E-state index is 4.12. The van der Waals surface area contributed by atoms with Crippen molar-refractivity contribution in [1.29, 1.82) is 0 Å². The fraction of sp³-hybridized carbons (Fsp3) is 0.100. The summed E-state index contributed by atoms with van der Waals surface area (Å²) < 4.78 is 1.16. The lowest BCUT2D eigenvalue weighted by atomic mass is 10.1. The van der Waals surface area contributed by atoms with Gasteiger partial charge in [-0.1, -0.05) is 0 Å². The van der Waals surface area contributed by atoms with E-state index in [0.29, 0.717) is 0 Å². The summed E-state index contributed by atoms with van der Waals surface area (Å²) in [5.74, 6) is 0. The van der Waals surface area contributed by atoms with Crippen LogP contribution in [0, 0.1) is 6.92 Å². The maximum Gasteiger partial charge on any atom is 0.0705 e. The lowest BCUT2D eigenvalue weighted by molar-refractivity contribution is 1.29. The smallest absolute Gasteiger partial charge is 0.0705 e. The van der Waals surface area contributed by atoms with Gasteiger partial charge in [0.05, 0.1) is 3.79 Å². The maximum absolute atomic E-state index is 4.12. The SMILES string of the molecule is Cc1ccncc1-c1ccc(Br)s1. The van der Waals surface area contributed by atoms with Crippen LogP contribution in [0.3, 0.4) is 0 Å².